The Hall–Kier alpha value is -1.69. The number of nitrogens with zero attached hydrogens (tertiary/aromatic N) is 2. The van der Waals surface area contributed by atoms with Crippen molar-refractivity contribution in [2.45, 2.75) is 32.8 Å². The van der Waals surface area contributed by atoms with Gasteiger partial charge in [0.15, 0.2) is 11.5 Å². The Labute approximate surface area is 106 Å². The maximum Gasteiger partial charge on any atom is 0.358 e. The Morgan fingerprint density at radius 2 is 2.11 bits per heavy atom. The van der Waals surface area contributed by atoms with Crippen molar-refractivity contribution in [1.82, 2.24) is 9.97 Å². The molecule has 6 nitrogen and oxygen atoms in total. The van der Waals surface area contributed by atoms with Crippen LogP contribution >= 0.6 is 0 Å². The molecule has 0 atom stereocenters. The zero-order valence-electron chi connectivity index (χ0n) is 10.7. The highest BCUT2D eigenvalue weighted by molar-refractivity contribution is 5.90. The lowest BCUT2D eigenvalue weighted by molar-refractivity contribution is 0.0690. The number of rotatable bonds is 8. The van der Waals surface area contributed by atoms with Gasteiger partial charge in [0.2, 0.25) is 0 Å². The third-order valence-corrected chi connectivity index (χ3v) is 2.22. The Balaban J connectivity index is 2.29. The average molecular weight is 253 g/mol. The number of carboxylic acid groups (broad SMARTS) is 1. The number of carboxylic acids is 1. The van der Waals surface area contributed by atoms with Gasteiger partial charge in [-0.15, -0.1) is 0 Å². The SMILES string of the molecule is CC(C)OCCCCNc1nccnc1C(=O)O. The highest BCUT2D eigenvalue weighted by atomic mass is 16.5. The fraction of sp³-hybridized carbons (Fsp3) is 0.583. The molecule has 0 spiro atoms. The van der Waals surface area contributed by atoms with E-state index in [9.17, 15) is 4.79 Å². The number of hydrogen-bond acceptors (Lipinski definition) is 5. The molecule has 0 fully saturated rings. The van der Waals surface area contributed by atoms with Gasteiger partial charge < -0.3 is 15.2 Å². The van der Waals surface area contributed by atoms with Crippen molar-refractivity contribution < 1.29 is 14.6 Å². The molecule has 0 bridgehead atoms. The molecular formula is C12H19N3O3. The van der Waals surface area contributed by atoms with Gasteiger partial charge in [-0.05, 0) is 26.7 Å². The predicted octanol–water partition coefficient (Wildman–Crippen LogP) is 1.79. The molecule has 0 unspecified atom stereocenters. The van der Waals surface area contributed by atoms with Gasteiger partial charge in [0.25, 0.3) is 0 Å². The van der Waals surface area contributed by atoms with Crippen LogP contribution in [0.3, 0.4) is 0 Å². The second-order valence-electron chi connectivity index (χ2n) is 4.11. The molecule has 0 saturated carbocycles. The lowest BCUT2D eigenvalue weighted by Gasteiger charge is -2.09. The fourth-order valence-electron chi connectivity index (χ4n) is 1.38. The Morgan fingerprint density at radius 1 is 1.39 bits per heavy atom. The number of nitrogens with one attached hydrogen (secondary N) is 1. The van der Waals surface area contributed by atoms with Crippen LogP contribution in [0.4, 0.5) is 5.82 Å². The summed E-state index contributed by atoms with van der Waals surface area (Å²) in [6, 6.07) is 0. The lowest BCUT2D eigenvalue weighted by atomic mass is 10.3. The number of hydrogen-bond donors (Lipinski definition) is 2. The smallest absolute Gasteiger partial charge is 0.358 e. The van der Waals surface area contributed by atoms with Crippen molar-refractivity contribution in [2.24, 2.45) is 0 Å². The number of ether oxygens (including phenoxy) is 1. The molecule has 0 amide bonds. The molecule has 0 aliphatic rings. The van der Waals surface area contributed by atoms with Crippen molar-refractivity contribution in [3.8, 4) is 0 Å². The van der Waals surface area contributed by atoms with E-state index in [1.807, 2.05) is 13.8 Å². The Kier molecular flexibility index (Phi) is 6.07. The van der Waals surface area contributed by atoms with Gasteiger partial charge in [-0.25, -0.2) is 14.8 Å². The molecule has 1 aromatic rings. The van der Waals surface area contributed by atoms with Gasteiger partial charge in [0.1, 0.15) is 0 Å². The van der Waals surface area contributed by atoms with Gasteiger partial charge in [-0.3, -0.25) is 0 Å². The number of carbonyl (C=O) groups is 1. The first-order chi connectivity index (χ1) is 8.61. The van der Waals surface area contributed by atoms with Crippen molar-refractivity contribution in [2.75, 3.05) is 18.5 Å². The standard InChI is InChI=1S/C12H19N3O3/c1-9(2)18-8-4-3-5-14-11-10(12(16)17)13-6-7-15-11/h6-7,9H,3-5,8H2,1-2H3,(H,14,15)(H,16,17). The van der Waals surface area contributed by atoms with E-state index < -0.39 is 5.97 Å². The maximum absolute atomic E-state index is 10.9. The van der Waals surface area contributed by atoms with E-state index in [0.29, 0.717) is 19.0 Å². The van der Waals surface area contributed by atoms with Gasteiger partial charge in [0, 0.05) is 25.5 Å². The van der Waals surface area contributed by atoms with Crippen molar-refractivity contribution in [3.05, 3.63) is 18.1 Å². The molecule has 1 heterocycles. The maximum atomic E-state index is 10.9. The van der Waals surface area contributed by atoms with Crippen molar-refractivity contribution in [1.29, 1.82) is 0 Å². The normalized spacial score (nSPS) is 10.6. The third-order valence-electron chi connectivity index (χ3n) is 2.22. The molecule has 1 rings (SSSR count). The van der Waals surface area contributed by atoms with Crippen LogP contribution in [0.5, 0.6) is 0 Å². The molecule has 0 saturated heterocycles. The van der Waals surface area contributed by atoms with Gasteiger partial charge in [-0.2, -0.15) is 0 Å². The number of anilines is 1. The minimum absolute atomic E-state index is 0.0454. The van der Waals surface area contributed by atoms with E-state index in [2.05, 4.69) is 15.3 Å². The quantitative estimate of drug-likeness (QED) is 0.687. The molecule has 0 aromatic carbocycles. The van der Waals surface area contributed by atoms with E-state index in [1.54, 1.807) is 0 Å². The summed E-state index contributed by atoms with van der Waals surface area (Å²) in [6.45, 7) is 5.36. The van der Waals surface area contributed by atoms with E-state index in [0.717, 1.165) is 12.8 Å². The molecule has 1 aromatic heterocycles. The highest BCUT2D eigenvalue weighted by Gasteiger charge is 2.11. The van der Waals surface area contributed by atoms with Crippen LogP contribution < -0.4 is 5.32 Å². The minimum Gasteiger partial charge on any atom is -0.476 e. The van der Waals surface area contributed by atoms with Crippen molar-refractivity contribution >= 4 is 11.8 Å². The van der Waals surface area contributed by atoms with E-state index in [-0.39, 0.29) is 11.8 Å². The summed E-state index contributed by atoms with van der Waals surface area (Å²) in [5.41, 5.74) is -0.0454. The second kappa shape index (κ2) is 7.60. The van der Waals surface area contributed by atoms with Crippen LogP contribution in [-0.2, 0) is 4.74 Å². The first-order valence-electron chi connectivity index (χ1n) is 6.01. The molecule has 0 radical (unpaired) electrons. The zero-order chi connectivity index (χ0) is 13.4. The lowest BCUT2D eigenvalue weighted by Crippen LogP contribution is -2.12. The topological polar surface area (TPSA) is 84.3 Å². The van der Waals surface area contributed by atoms with Crippen LogP contribution in [0, 0.1) is 0 Å². The largest absolute Gasteiger partial charge is 0.476 e. The van der Waals surface area contributed by atoms with Crippen LogP contribution in [0.1, 0.15) is 37.2 Å². The summed E-state index contributed by atoms with van der Waals surface area (Å²) in [5.74, 6) is -0.761. The summed E-state index contributed by atoms with van der Waals surface area (Å²) in [4.78, 5) is 18.6. The Bertz CT molecular complexity index is 383. The average Bonchev–Trinajstić information content (AvgIpc) is 2.33. The Morgan fingerprint density at radius 3 is 2.78 bits per heavy atom. The van der Waals surface area contributed by atoms with Gasteiger partial charge in [-0.1, -0.05) is 0 Å². The first-order valence-corrected chi connectivity index (χ1v) is 6.01. The first kappa shape index (κ1) is 14.4. The molecule has 0 aliphatic carbocycles. The predicted molar refractivity (Wildman–Crippen MR) is 67.8 cm³/mol. The summed E-state index contributed by atoms with van der Waals surface area (Å²) in [7, 11) is 0. The van der Waals surface area contributed by atoms with Gasteiger partial charge >= 0.3 is 5.97 Å². The summed E-state index contributed by atoms with van der Waals surface area (Å²) >= 11 is 0. The molecule has 6 heteroatoms. The monoisotopic (exact) mass is 253 g/mol. The van der Waals surface area contributed by atoms with Gasteiger partial charge in [0.05, 0.1) is 6.10 Å². The molecule has 18 heavy (non-hydrogen) atoms. The van der Waals surface area contributed by atoms with E-state index in [1.165, 1.54) is 12.4 Å². The molecule has 0 aliphatic heterocycles. The molecular weight excluding hydrogens is 234 g/mol. The molecule has 100 valence electrons. The zero-order valence-corrected chi connectivity index (χ0v) is 10.7. The van der Waals surface area contributed by atoms with Crippen LogP contribution in [0.25, 0.3) is 0 Å². The molecule has 2 N–H and O–H groups in total. The van der Waals surface area contributed by atoms with E-state index in [4.69, 9.17) is 9.84 Å². The minimum atomic E-state index is -1.08. The van der Waals surface area contributed by atoms with Crippen LogP contribution in [-0.4, -0.2) is 40.3 Å². The number of aromatic nitrogens is 2. The van der Waals surface area contributed by atoms with Crippen molar-refractivity contribution in [3.63, 3.8) is 0 Å². The summed E-state index contributed by atoms with van der Waals surface area (Å²) in [5, 5.41) is 11.9. The second-order valence-corrected chi connectivity index (χ2v) is 4.11. The third kappa shape index (κ3) is 5.09. The number of aromatic carboxylic acids is 1. The fourth-order valence-corrected chi connectivity index (χ4v) is 1.38. The summed E-state index contributed by atoms with van der Waals surface area (Å²) in [6.07, 6.45) is 4.90. The van der Waals surface area contributed by atoms with E-state index >= 15 is 0 Å². The highest BCUT2D eigenvalue weighted by Crippen LogP contribution is 2.08. The van der Waals surface area contributed by atoms with Crippen LogP contribution in [0.2, 0.25) is 0 Å². The summed E-state index contributed by atoms with van der Waals surface area (Å²) < 4.78 is 5.41. The number of unbranched alkanes of at least 4 members (excludes halogenated alkanes) is 1. The van der Waals surface area contributed by atoms with Crippen LogP contribution in [0.15, 0.2) is 12.4 Å².